The minimum atomic E-state index is -3.85. The molecule has 0 heterocycles. The van der Waals surface area contributed by atoms with E-state index < -0.39 is 15.6 Å². The molecule has 36 heavy (non-hydrogen) atoms. The topological polar surface area (TPSA) is 78.8 Å². The fourth-order valence-corrected chi connectivity index (χ4v) is 5.61. The van der Waals surface area contributed by atoms with E-state index in [0.29, 0.717) is 22.1 Å². The molecule has 0 aliphatic heterocycles. The molecule has 0 radical (unpaired) electrons. The smallest absolute Gasteiger partial charge is 0.261 e. The highest BCUT2D eigenvalue weighted by Gasteiger charge is 2.40. The van der Waals surface area contributed by atoms with Crippen LogP contribution in [-0.4, -0.2) is 19.2 Å². The maximum Gasteiger partial charge on any atom is 0.261 e. The van der Waals surface area contributed by atoms with E-state index >= 15 is 0 Å². The van der Waals surface area contributed by atoms with Crippen molar-refractivity contribution in [1.29, 1.82) is 0 Å². The first-order valence-electron chi connectivity index (χ1n) is 11.3. The molecule has 7 heteroatoms. The zero-order valence-electron chi connectivity index (χ0n) is 19.2. The van der Waals surface area contributed by atoms with Gasteiger partial charge in [-0.1, -0.05) is 84.4 Å². The van der Waals surface area contributed by atoms with Gasteiger partial charge in [0.2, 0.25) is 0 Å². The molecular formula is C29H23ClN2O3S. The fraction of sp³-hybridized carbons (Fsp3) is 0.0690. The van der Waals surface area contributed by atoms with Gasteiger partial charge < -0.3 is 5.11 Å². The molecule has 5 nitrogen and oxygen atoms in total. The summed E-state index contributed by atoms with van der Waals surface area (Å²) in [5, 5.41) is 12.3. The van der Waals surface area contributed by atoms with E-state index in [-0.39, 0.29) is 11.3 Å². The summed E-state index contributed by atoms with van der Waals surface area (Å²) < 4.78 is 28.5. The Morgan fingerprint density at radius 2 is 1.53 bits per heavy atom. The predicted molar refractivity (Wildman–Crippen MR) is 145 cm³/mol. The standard InChI is InChI=1S/C29H23ClN2O3S/c30-23-13-7-15-25(17-23)32-36(34,35)27-16-8-14-24(18-27)31-26-19-28(21-9-3-1-4-10-21)29(33,20-26)22-11-5-2-6-12-22/h1-19,32-33H,20H2/t29-/m0/s1. The molecule has 1 atom stereocenters. The number of hydrogen-bond acceptors (Lipinski definition) is 4. The fourth-order valence-electron chi connectivity index (χ4n) is 4.33. The molecule has 1 aliphatic rings. The lowest BCUT2D eigenvalue weighted by Crippen LogP contribution is -2.25. The average molecular weight is 515 g/mol. The minimum absolute atomic E-state index is 0.0768. The van der Waals surface area contributed by atoms with Gasteiger partial charge in [0.1, 0.15) is 5.60 Å². The maximum absolute atomic E-state index is 13.0. The molecular weight excluding hydrogens is 492 g/mol. The van der Waals surface area contributed by atoms with E-state index in [4.69, 9.17) is 16.6 Å². The molecule has 0 unspecified atom stereocenters. The molecule has 1 aliphatic carbocycles. The summed E-state index contributed by atoms with van der Waals surface area (Å²) >= 11 is 5.98. The maximum atomic E-state index is 13.0. The van der Waals surface area contributed by atoms with Gasteiger partial charge in [0.15, 0.2) is 0 Å². The molecule has 0 fully saturated rings. The van der Waals surface area contributed by atoms with Crippen molar-refractivity contribution < 1.29 is 13.5 Å². The first kappa shape index (κ1) is 24.0. The first-order chi connectivity index (χ1) is 17.3. The number of nitrogens with zero attached hydrogens (tertiary/aromatic N) is 1. The van der Waals surface area contributed by atoms with Gasteiger partial charge >= 0.3 is 0 Å². The van der Waals surface area contributed by atoms with Crippen LogP contribution >= 0.6 is 11.6 Å². The Morgan fingerprint density at radius 3 is 2.25 bits per heavy atom. The normalized spacial score (nSPS) is 18.7. The van der Waals surface area contributed by atoms with Crippen LogP contribution < -0.4 is 4.72 Å². The summed E-state index contributed by atoms with van der Waals surface area (Å²) in [5.41, 5.74) is 2.66. The SMILES string of the molecule is O=S(=O)(Nc1cccc(Cl)c1)c1cccc(N=C2C=C(c3ccccc3)[C@@](O)(c3ccccc3)C2)c1. The Kier molecular flexibility index (Phi) is 6.49. The number of anilines is 1. The number of halogens is 1. The van der Waals surface area contributed by atoms with Gasteiger partial charge in [-0.3, -0.25) is 9.71 Å². The summed E-state index contributed by atoms with van der Waals surface area (Å²) in [6.45, 7) is 0. The number of benzene rings is 4. The number of aliphatic hydroxyl groups is 1. The van der Waals surface area contributed by atoms with E-state index in [1.807, 2.05) is 66.7 Å². The van der Waals surface area contributed by atoms with Crippen molar-refractivity contribution in [1.82, 2.24) is 0 Å². The molecule has 0 saturated carbocycles. The lowest BCUT2D eigenvalue weighted by molar-refractivity contribution is 0.113. The Balaban J connectivity index is 1.50. The van der Waals surface area contributed by atoms with E-state index in [0.717, 1.165) is 16.7 Å². The Hall–Kier alpha value is -3.71. The lowest BCUT2D eigenvalue weighted by Gasteiger charge is -2.27. The second kappa shape index (κ2) is 9.74. The Labute approximate surface area is 215 Å². The summed E-state index contributed by atoms with van der Waals surface area (Å²) in [6, 6.07) is 32.1. The summed E-state index contributed by atoms with van der Waals surface area (Å²) in [4.78, 5) is 4.79. The molecule has 180 valence electrons. The average Bonchev–Trinajstić information content (AvgIpc) is 3.22. The third-order valence-electron chi connectivity index (χ3n) is 6.01. The molecule has 5 rings (SSSR count). The zero-order chi connectivity index (χ0) is 25.2. The lowest BCUT2D eigenvalue weighted by atomic mass is 9.84. The first-order valence-corrected chi connectivity index (χ1v) is 13.2. The minimum Gasteiger partial charge on any atom is -0.380 e. The second-order valence-corrected chi connectivity index (χ2v) is 10.7. The van der Waals surface area contributed by atoms with Crippen molar-refractivity contribution in [2.45, 2.75) is 16.9 Å². The van der Waals surface area contributed by atoms with Gasteiger partial charge in [-0.2, -0.15) is 0 Å². The molecule has 0 bridgehead atoms. The number of allylic oxidation sites excluding steroid dienone is 1. The highest BCUT2D eigenvalue weighted by molar-refractivity contribution is 7.92. The van der Waals surface area contributed by atoms with Crippen LogP contribution in [0.15, 0.2) is 125 Å². The monoisotopic (exact) mass is 514 g/mol. The molecule has 0 spiro atoms. The van der Waals surface area contributed by atoms with E-state index in [1.54, 1.807) is 36.4 Å². The van der Waals surface area contributed by atoms with Crippen LogP contribution in [0.5, 0.6) is 0 Å². The third-order valence-corrected chi connectivity index (χ3v) is 7.62. The van der Waals surface area contributed by atoms with E-state index in [9.17, 15) is 13.5 Å². The van der Waals surface area contributed by atoms with Gasteiger partial charge in [-0.25, -0.2) is 8.42 Å². The molecule has 0 aromatic heterocycles. The van der Waals surface area contributed by atoms with Crippen molar-refractivity contribution >= 4 is 44.3 Å². The quantitative estimate of drug-likeness (QED) is 0.304. The Bertz CT molecular complexity index is 1570. The molecule has 0 saturated heterocycles. The van der Waals surface area contributed by atoms with Crippen molar-refractivity contribution in [3.63, 3.8) is 0 Å². The highest BCUT2D eigenvalue weighted by Crippen LogP contribution is 2.44. The van der Waals surface area contributed by atoms with Gasteiger partial charge in [0, 0.05) is 17.2 Å². The van der Waals surface area contributed by atoms with Crippen LogP contribution in [0, 0.1) is 0 Å². The molecule has 4 aromatic rings. The molecule has 0 amide bonds. The van der Waals surface area contributed by atoms with Crippen molar-refractivity contribution in [2.75, 3.05) is 4.72 Å². The third kappa shape index (κ3) is 4.97. The van der Waals surface area contributed by atoms with Crippen molar-refractivity contribution in [3.05, 3.63) is 131 Å². The van der Waals surface area contributed by atoms with Crippen molar-refractivity contribution in [2.24, 2.45) is 4.99 Å². The van der Waals surface area contributed by atoms with Crippen LogP contribution in [0.4, 0.5) is 11.4 Å². The number of hydrogen-bond donors (Lipinski definition) is 2. The van der Waals surface area contributed by atoms with Gasteiger partial charge in [0.25, 0.3) is 10.0 Å². The highest BCUT2D eigenvalue weighted by atomic mass is 35.5. The number of nitrogens with one attached hydrogen (secondary N) is 1. The van der Waals surface area contributed by atoms with Crippen LogP contribution in [0.1, 0.15) is 17.5 Å². The summed E-state index contributed by atoms with van der Waals surface area (Å²) in [6.07, 6.45) is 2.15. The molecule has 2 N–H and O–H groups in total. The van der Waals surface area contributed by atoms with Crippen molar-refractivity contribution in [3.8, 4) is 0 Å². The second-order valence-electron chi connectivity index (χ2n) is 8.54. The largest absolute Gasteiger partial charge is 0.380 e. The van der Waals surface area contributed by atoms with Gasteiger partial charge in [-0.05, 0) is 59.2 Å². The predicted octanol–water partition coefficient (Wildman–Crippen LogP) is 6.59. The van der Waals surface area contributed by atoms with E-state index in [1.165, 1.54) is 12.1 Å². The van der Waals surface area contributed by atoms with Crippen LogP contribution in [-0.2, 0) is 15.6 Å². The van der Waals surface area contributed by atoms with Gasteiger partial charge in [0.05, 0.1) is 16.3 Å². The van der Waals surface area contributed by atoms with Crippen LogP contribution in [0.2, 0.25) is 5.02 Å². The number of aliphatic imine (C=N–C) groups is 1. The molecule has 4 aromatic carbocycles. The Morgan fingerprint density at radius 1 is 0.833 bits per heavy atom. The summed E-state index contributed by atoms with van der Waals surface area (Å²) in [7, 11) is -3.85. The van der Waals surface area contributed by atoms with Crippen LogP contribution in [0.3, 0.4) is 0 Å². The number of rotatable bonds is 6. The van der Waals surface area contributed by atoms with E-state index in [2.05, 4.69) is 4.72 Å². The zero-order valence-corrected chi connectivity index (χ0v) is 20.7. The van der Waals surface area contributed by atoms with Gasteiger partial charge in [-0.15, -0.1) is 0 Å². The van der Waals surface area contributed by atoms with Crippen LogP contribution in [0.25, 0.3) is 5.57 Å². The summed E-state index contributed by atoms with van der Waals surface area (Å²) in [5.74, 6) is 0. The number of sulfonamides is 1.